The van der Waals surface area contributed by atoms with E-state index in [1.807, 2.05) is 60.7 Å². The number of ether oxygens (including phenoxy) is 3. The van der Waals surface area contributed by atoms with Gasteiger partial charge in [0.25, 0.3) is 0 Å². The van der Waals surface area contributed by atoms with Crippen LogP contribution in [0.4, 0.5) is 5.13 Å². The van der Waals surface area contributed by atoms with E-state index in [1.54, 1.807) is 31.8 Å². The number of benzene rings is 3. The lowest BCUT2D eigenvalue weighted by Gasteiger charge is -2.12. The summed E-state index contributed by atoms with van der Waals surface area (Å²) in [4.78, 5) is 9.10. The number of hydrogen-bond donors (Lipinski definition) is 1. The van der Waals surface area contributed by atoms with E-state index in [-0.39, 0.29) is 0 Å². The highest BCUT2D eigenvalue weighted by molar-refractivity contribution is 7.22. The summed E-state index contributed by atoms with van der Waals surface area (Å²) in [5.74, 6) is 2.65. The molecule has 0 bridgehead atoms. The zero-order valence-corrected chi connectivity index (χ0v) is 19.5. The molecular formula is C25H20ClN3O3S. The molecule has 3 aromatic carbocycles. The molecule has 0 saturated heterocycles. The van der Waals surface area contributed by atoms with Gasteiger partial charge in [0, 0.05) is 35.3 Å². The first kappa shape index (κ1) is 21.3. The first-order valence-corrected chi connectivity index (χ1v) is 11.4. The van der Waals surface area contributed by atoms with E-state index in [1.165, 1.54) is 0 Å². The molecule has 6 nitrogen and oxygen atoms in total. The molecule has 0 radical (unpaired) electrons. The monoisotopic (exact) mass is 477 g/mol. The minimum absolute atomic E-state index is 0.621. The van der Waals surface area contributed by atoms with Crippen molar-refractivity contribution in [2.75, 3.05) is 19.5 Å². The van der Waals surface area contributed by atoms with Crippen LogP contribution in [-0.2, 0) is 6.54 Å². The summed E-state index contributed by atoms with van der Waals surface area (Å²) in [7, 11) is 3.21. The van der Waals surface area contributed by atoms with Crippen LogP contribution in [0.15, 0.2) is 66.9 Å². The van der Waals surface area contributed by atoms with Crippen molar-refractivity contribution in [2.24, 2.45) is 0 Å². The third kappa shape index (κ3) is 4.51. The van der Waals surface area contributed by atoms with Gasteiger partial charge >= 0.3 is 0 Å². The number of thiazole rings is 1. The second-order valence-corrected chi connectivity index (χ2v) is 8.73. The Morgan fingerprint density at radius 3 is 2.58 bits per heavy atom. The van der Waals surface area contributed by atoms with E-state index in [9.17, 15) is 0 Å². The Labute approximate surface area is 199 Å². The summed E-state index contributed by atoms with van der Waals surface area (Å²) >= 11 is 7.65. The second-order valence-electron chi connectivity index (χ2n) is 7.27. The third-order valence-corrected chi connectivity index (χ3v) is 6.34. The van der Waals surface area contributed by atoms with E-state index >= 15 is 0 Å². The molecule has 2 heterocycles. The van der Waals surface area contributed by atoms with Crippen LogP contribution < -0.4 is 19.5 Å². The number of pyridine rings is 1. The number of halogens is 1. The highest BCUT2D eigenvalue weighted by Gasteiger charge is 2.12. The summed E-state index contributed by atoms with van der Waals surface area (Å²) < 4.78 is 18.1. The van der Waals surface area contributed by atoms with Gasteiger partial charge in [-0.15, -0.1) is 0 Å². The molecule has 0 aliphatic carbocycles. The van der Waals surface area contributed by atoms with Crippen molar-refractivity contribution in [3.8, 4) is 23.0 Å². The third-order valence-electron chi connectivity index (χ3n) is 5.13. The zero-order chi connectivity index (χ0) is 22.8. The van der Waals surface area contributed by atoms with Crippen LogP contribution in [-0.4, -0.2) is 24.2 Å². The first-order chi connectivity index (χ1) is 16.1. The van der Waals surface area contributed by atoms with Crippen LogP contribution >= 0.6 is 22.9 Å². The van der Waals surface area contributed by atoms with Crippen molar-refractivity contribution in [1.82, 2.24) is 9.97 Å². The van der Waals surface area contributed by atoms with Gasteiger partial charge in [-0.1, -0.05) is 35.1 Å². The average Bonchev–Trinajstić information content (AvgIpc) is 3.24. The molecule has 0 saturated carbocycles. The van der Waals surface area contributed by atoms with Gasteiger partial charge < -0.3 is 19.5 Å². The number of rotatable bonds is 7. The minimum Gasteiger partial charge on any atom is -0.493 e. The molecule has 166 valence electrons. The number of nitrogens with one attached hydrogen (secondary N) is 1. The molecule has 0 fully saturated rings. The Kier molecular flexibility index (Phi) is 5.90. The highest BCUT2D eigenvalue weighted by atomic mass is 35.5. The molecule has 33 heavy (non-hydrogen) atoms. The highest BCUT2D eigenvalue weighted by Crippen LogP contribution is 2.38. The van der Waals surface area contributed by atoms with E-state index in [4.69, 9.17) is 25.8 Å². The molecule has 1 N–H and O–H groups in total. The second kappa shape index (κ2) is 9.13. The van der Waals surface area contributed by atoms with Crippen molar-refractivity contribution in [2.45, 2.75) is 6.54 Å². The molecule has 0 aliphatic rings. The number of aromatic nitrogens is 2. The van der Waals surface area contributed by atoms with Gasteiger partial charge in [0.2, 0.25) is 0 Å². The summed E-state index contributed by atoms with van der Waals surface area (Å²) in [6.45, 7) is 0.651. The van der Waals surface area contributed by atoms with Crippen LogP contribution in [0.25, 0.3) is 21.1 Å². The fraction of sp³-hybridized carbons (Fsp3) is 0.120. The lowest BCUT2D eigenvalue weighted by Crippen LogP contribution is -1.98. The van der Waals surface area contributed by atoms with Crippen molar-refractivity contribution >= 4 is 49.2 Å². The molecule has 0 spiro atoms. The molecule has 2 aromatic heterocycles. The van der Waals surface area contributed by atoms with E-state index in [2.05, 4.69) is 15.3 Å². The molecule has 0 atom stereocenters. The maximum atomic E-state index is 6.23. The van der Waals surface area contributed by atoms with Crippen LogP contribution in [0.2, 0.25) is 5.02 Å². The van der Waals surface area contributed by atoms with Gasteiger partial charge in [-0.3, -0.25) is 4.98 Å². The average molecular weight is 478 g/mol. The predicted octanol–water partition coefficient (Wildman–Crippen LogP) is 6.92. The van der Waals surface area contributed by atoms with Crippen LogP contribution in [0.5, 0.6) is 23.0 Å². The number of nitrogens with zero attached hydrogens (tertiary/aromatic N) is 2. The van der Waals surface area contributed by atoms with Crippen molar-refractivity contribution in [3.05, 3.63) is 77.4 Å². The van der Waals surface area contributed by atoms with Crippen molar-refractivity contribution in [1.29, 1.82) is 0 Å². The Morgan fingerprint density at radius 2 is 1.76 bits per heavy atom. The lowest BCUT2D eigenvalue weighted by atomic mass is 10.2. The number of hydrogen-bond acceptors (Lipinski definition) is 7. The smallest absolute Gasteiger partial charge is 0.184 e. The SMILES string of the molecule is COc1cc2nccc(Oc3ccc4nc(NCc5cccc(Cl)c5)sc4c3)c2cc1OC. The Hall–Kier alpha value is -3.55. The van der Waals surface area contributed by atoms with Crippen LogP contribution in [0.3, 0.4) is 0 Å². The van der Waals surface area contributed by atoms with Gasteiger partial charge in [-0.2, -0.15) is 0 Å². The van der Waals surface area contributed by atoms with E-state index in [0.29, 0.717) is 23.8 Å². The first-order valence-electron chi connectivity index (χ1n) is 10.2. The van der Waals surface area contributed by atoms with E-state index < -0.39 is 0 Å². The quantitative estimate of drug-likeness (QED) is 0.274. The molecule has 0 aliphatic heterocycles. The van der Waals surface area contributed by atoms with Gasteiger partial charge in [0.15, 0.2) is 16.6 Å². The predicted molar refractivity (Wildman–Crippen MR) is 133 cm³/mol. The number of fused-ring (bicyclic) bond motifs is 2. The Morgan fingerprint density at radius 1 is 0.909 bits per heavy atom. The van der Waals surface area contributed by atoms with Gasteiger partial charge in [-0.05, 0) is 42.0 Å². The summed E-state index contributed by atoms with van der Waals surface area (Å²) in [6, 6.07) is 19.2. The molecule has 0 unspecified atom stereocenters. The zero-order valence-electron chi connectivity index (χ0n) is 18.0. The maximum absolute atomic E-state index is 6.23. The molecule has 8 heteroatoms. The largest absolute Gasteiger partial charge is 0.493 e. The molecule has 5 aromatic rings. The van der Waals surface area contributed by atoms with Crippen LogP contribution in [0, 0.1) is 0 Å². The molecular weight excluding hydrogens is 458 g/mol. The fourth-order valence-corrected chi connectivity index (χ4v) is 4.63. The van der Waals surface area contributed by atoms with Crippen molar-refractivity contribution < 1.29 is 14.2 Å². The molecule has 0 amide bonds. The standard InChI is InChI=1S/C25H20ClN3O3S/c1-30-22-12-18-20(13-23(22)31-2)27-9-8-21(18)32-17-6-7-19-24(11-17)33-25(29-19)28-14-15-4-3-5-16(26)10-15/h3-13H,14H2,1-2H3,(H,28,29). The van der Waals surface area contributed by atoms with Crippen molar-refractivity contribution in [3.63, 3.8) is 0 Å². The number of anilines is 1. The Bertz CT molecular complexity index is 1450. The summed E-state index contributed by atoms with van der Waals surface area (Å²) in [6.07, 6.45) is 1.71. The van der Waals surface area contributed by atoms with Gasteiger partial charge in [0.05, 0.1) is 30.0 Å². The van der Waals surface area contributed by atoms with Crippen LogP contribution in [0.1, 0.15) is 5.56 Å². The fourth-order valence-electron chi connectivity index (χ4n) is 3.53. The number of methoxy groups -OCH3 is 2. The normalized spacial score (nSPS) is 11.0. The topological polar surface area (TPSA) is 65.5 Å². The summed E-state index contributed by atoms with van der Waals surface area (Å²) in [5, 5.41) is 5.77. The lowest BCUT2D eigenvalue weighted by molar-refractivity contribution is 0.355. The maximum Gasteiger partial charge on any atom is 0.184 e. The Balaban J connectivity index is 1.40. The summed E-state index contributed by atoms with van der Waals surface area (Å²) in [5.41, 5.74) is 2.77. The van der Waals surface area contributed by atoms with Gasteiger partial charge in [-0.25, -0.2) is 4.98 Å². The minimum atomic E-state index is 0.621. The van der Waals surface area contributed by atoms with E-state index in [0.717, 1.165) is 42.6 Å². The molecule has 5 rings (SSSR count). The van der Waals surface area contributed by atoms with Gasteiger partial charge in [0.1, 0.15) is 11.5 Å².